The van der Waals surface area contributed by atoms with Crippen LogP contribution >= 0.6 is 0 Å². The summed E-state index contributed by atoms with van der Waals surface area (Å²) < 4.78 is 25.3. The Kier molecular flexibility index (Phi) is 10.2. The van der Waals surface area contributed by atoms with Gasteiger partial charge in [-0.15, -0.1) is 0 Å². The van der Waals surface area contributed by atoms with Gasteiger partial charge < -0.3 is 19.9 Å². The fourth-order valence-electron chi connectivity index (χ4n) is 9.30. The van der Waals surface area contributed by atoms with Crippen molar-refractivity contribution in [2.24, 2.45) is 17.8 Å². The summed E-state index contributed by atoms with van der Waals surface area (Å²) in [5.74, 6) is -0.923. The molecule has 5 amide bonds. The van der Waals surface area contributed by atoms with E-state index in [4.69, 9.17) is 9.84 Å². The Balaban J connectivity index is 0.716. The van der Waals surface area contributed by atoms with E-state index in [1.54, 1.807) is 39.8 Å². The topological polar surface area (TPSA) is 176 Å². The van der Waals surface area contributed by atoms with Gasteiger partial charge in [-0.3, -0.25) is 38.9 Å². The molecular weight excluding hydrogens is 784 g/mol. The average molecular weight is 831 g/mol. The Morgan fingerprint density at radius 2 is 1.74 bits per heavy atom. The summed E-state index contributed by atoms with van der Waals surface area (Å²) in [4.78, 5) is 74.0. The molecule has 16 nitrogen and oxygen atoms in total. The summed E-state index contributed by atoms with van der Waals surface area (Å²) in [6, 6.07) is 9.71. The quantitative estimate of drug-likeness (QED) is 0.170. The van der Waals surface area contributed by atoms with E-state index in [2.05, 4.69) is 30.5 Å². The van der Waals surface area contributed by atoms with Gasteiger partial charge in [-0.1, -0.05) is 0 Å². The highest BCUT2D eigenvalue weighted by Gasteiger charge is 2.45. The average Bonchev–Trinajstić information content (AvgIpc) is 3.78. The number of fused-ring (bicyclic) bond motifs is 3. The summed E-state index contributed by atoms with van der Waals surface area (Å²) in [6.07, 6.45) is 11.5. The zero-order valence-corrected chi connectivity index (χ0v) is 33.7. The number of imide groups is 2. The van der Waals surface area contributed by atoms with E-state index >= 15 is 4.39 Å². The molecule has 2 aromatic carbocycles. The van der Waals surface area contributed by atoms with Crippen LogP contribution in [0.2, 0.25) is 0 Å². The molecule has 1 aliphatic carbocycles. The highest BCUT2D eigenvalue weighted by molar-refractivity contribution is 6.23. The maximum absolute atomic E-state index is 15.9. The maximum Gasteiger partial charge on any atom is 0.262 e. The second-order valence-corrected chi connectivity index (χ2v) is 17.2. The van der Waals surface area contributed by atoms with E-state index < -0.39 is 35.8 Å². The summed E-state index contributed by atoms with van der Waals surface area (Å²) in [7, 11) is 0. The highest BCUT2D eigenvalue weighted by atomic mass is 19.1. The highest BCUT2D eigenvalue weighted by Crippen LogP contribution is 2.36. The lowest BCUT2D eigenvalue weighted by molar-refractivity contribution is -0.136. The molecule has 5 aromatic rings. The first-order chi connectivity index (χ1) is 29.6. The Morgan fingerprint density at radius 3 is 2.52 bits per heavy atom. The number of anilines is 2. The molecule has 0 bridgehead atoms. The van der Waals surface area contributed by atoms with E-state index in [-0.39, 0.29) is 36.8 Å². The summed E-state index contributed by atoms with van der Waals surface area (Å²) in [5.41, 5.74) is 3.43. The molecule has 2 atom stereocenters. The maximum atomic E-state index is 15.9. The lowest BCUT2D eigenvalue weighted by Gasteiger charge is -2.39. The van der Waals surface area contributed by atoms with Gasteiger partial charge in [-0.2, -0.15) is 10.2 Å². The number of hydrogen-bond acceptors (Lipinski definition) is 11. The van der Waals surface area contributed by atoms with Crippen LogP contribution in [0.15, 0.2) is 61.2 Å². The summed E-state index contributed by atoms with van der Waals surface area (Å²) in [6.45, 7) is 4.95. The van der Waals surface area contributed by atoms with E-state index in [0.29, 0.717) is 52.2 Å². The number of piperidine rings is 3. The second kappa shape index (κ2) is 16.0. The number of ether oxygens (including phenoxy) is 1. The number of carbonyl (C=O) groups excluding carboxylic acids is 5. The number of carbonyl (C=O) groups is 5. The zero-order valence-electron chi connectivity index (χ0n) is 33.7. The standard InChI is InChI=1S/C44H47FN10O6/c45-34(24-53-23-29-18-36(38(20-35(29)50-53)61-25-27-2-3-27)48-41(57)33-21-47-54-13-1-12-46-40(33)54)28-10-14-51(15-11-28)22-26-8-16-52(17-9-26)30-4-5-31-32(19-30)44(60)55(43(31)59)37-6-7-39(56)49-42(37)58/h1,4-5,12-13,18-21,23,26-28,34,37H,2-3,6-11,14-17,22,24-25H2,(H,48,57)(H,49,56,58)/t34-,37?/m1/s1. The number of aromatic nitrogens is 5. The molecule has 4 fully saturated rings. The summed E-state index contributed by atoms with van der Waals surface area (Å²) >= 11 is 0. The number of likely N-dealkylation sites (tertiary alicyclic amines) is 1. The number of halogens is 1. The van der Waals surface area contributed by atoms with Gasteiger partial charge in [-0.05, 0) is 106 Å². The number of rotatable bonds is 12. The minimum absolute atomic E-state index is 0.0718. The van der Waals surface area contributed by atoms with E-state index in [1.165, 1.54) is 6.20 Å². The Hall–Kier alpha value is -6.23. The Morgan fingerprint density at radius 1 is 0.934 bits per heavy atom. The van der Waals surface area contributed by atoms with Crippen LogP contribution in [0.1, 0.15) is 82.4 Å². The molecule has 0 spiro atoms. The number of nitrogens with zero attached hydrogens (tertiary/aromatic N) is 8. The number of amides is 5. The van der Waals surface area contributed by atoms with Crippen LogP contribution < -0.4 is 20.3 Å². The SMILES string of the molecule is O=C1CCC(N2C(=O)c3ccc(N4CCC(CN5CCC([C@H](F)Cn6cc7cc(NC(=O)c8cnn9cccnc89)c(OCC8CC8)cc7n6)CC5)CC4)cc3C2=O)C(=O)N1. The molecule has 7 heterocycles. The van der Waals surface area contributed by atoms with E-state index in [1.807, 2.05) is 24.4 Å². The largest absolute Gasteiger partial charge is 0.491 e. The Labute approximate surface area is 350 Å². The first-order valence-corrected chi connectivity index (χ1v) is 21.4. The molecule has 3 aromatic heterocycles. The van der Waals surface area contributed by atoms with E-state index in [0.717, 1.165) is 87.2 Å². The van der Waals surface area contributed by atoms with Crippen LogP contribution in [0.5, 0.6) is 5.75 Å². The van der Waals surface area contributed by atoms with Crippen LogP contribution in [0.25, 0.3) is 16.6 Å². The first-order valence-electron chi connectivity index (χ1n) is 21.4. The lowest BCUT2D eigenvalue weighted by atomic mass is 9.90. The molecule has 10 rings (SSSR count). The molecule has 4 aliphatic heterocycles. The van der Waals surface area contributed by atoms with Crippen molar-refractivity contribution < 1.29 is 33.1 Å². The van der Waals surface area contributed by atoms with Crippen molar-refractivity contribution in [3.05, 3.63) is 77.9 Å². The molecule has 316 valence electrons. The fraction of sp³-hybridized carbons (Fsp3) is 0.455. The van der Waals surface area contributed by atoms with Crippen LogP contribution in [-0.4, -0.2) is 115 Å². The van der Waals surface area contributed by atoms with Gasteiger partial charge in [0.25, 0.3) is 17.7 Å². The molecule has 61 heavy (non-hydrogen) atoms. The van der Waals surface area contributed by atoms with Crippen molar-refractivity contribution in [2.75, 3.05) is 49.5 Å². The third-order valence-electron chi connectivity index (χ3n) is 13.0. The van der Waals surface area contributed by atoms with Gasteiger partial charge in [0.15, 0.2) is 5.65 Å². The Bertz CT molecular complexity index is 2550. The van der Waals surface area contributed by atoms with Crippen molar-refractivity contribution in [3.63, 3.8) is 0 Å². The van der Waals surface area contributed by atoms with Gasteiger partial charge in [-0.25, -0.2) is 13.9 Å². The molecule has 17 heteroatoms. The van der Waals surface area contributed by atoms with Gasteiger partial charge in [0, 0.05) is 61.8 Å². The van der Waals surface area contributed by atoms with Crippen molar-refractivity contribution in [3.8, 4) is 5.75 Å². The molecule has 1 saturated carbocycles. The third-order valence-corrected chi connectivity index (χ3v) is 13.0. The number of hydrogen-bond donors (Lipinski definition) is 2. The van der Waals surface area contributed by atoms with Gasteiger partial charge in [0.2, 0.25) is 11.8 Å². The van der Waals surface area contributed by atoms with Gasteiger partial charge in [0.05, 0.1) is 41.7 Å². The minimum atomic E-state index is -1.06. The number of benzene rings is 2. The van der Waals surface area contributed by atoms with Crippen molar-refractivity contribution in [1.82, 2.24) is 39.5 Å². The minimum Gasteiger partial charge on any atom is -0.491 e. The van der Waals surface area contributed by atoms with Crippen LogP contribution in [0.4, 0.5) is 15.8 Å². The van der Waals surface area contributed by atoms with Crippen molar-refractivity contribution in [1.29, 1.82) is 0 Å². The van der Waals surface area contributed by atoms with E-state index in [9.17, 15) is 24.0 Å². The van der Waals surface area contributed by atoms with Crippen LogP contribution in [0, 0.1) is 17.8 Å². The monoisotopic (exact) mass is 830 g/mol. The van der Waals surface area contributed by atoms with Crippen LogP contribution in [-0.2, 0) is 16.1 Å². The molecule has 1 unspecified atom stereocenters. The van der Waals surface area contributed by atoms with Crippen molar-refractivity contribution >= 4 is 57.5 Å². The predicted molar refractivity (Wildman–Crippen MR) is 221 cm³/mol. The molecule has 3 saturated heterocycles. The smallest absolute Gasteiger partial charge is 0.262 e. The van der Waals surface area contributed by atoms with Gasteiger partial charge >= 0.3 is 0 Å². The molecule has 0 radical (unpaired) electrons. The molecular formula is C44H47FN10O6. The summed E-state index contributed by atoms with van der Waals surface area (Å²) in [5, 5.41) is 15.0. The van der Waals surface area contributed by atoms with Gasteiger partial charge in [0.1, 0.15) is 23.5 Å². The third kappa shape index (κ3) is 7.82. The van der Waals surface area contributed by atoms with Crippen LogP contribution in [0.3, 0.4) is 0 Å². The normalized spacial score (nSPS) is 21.0. The molecule has 5 aliphatic rings. The number of alkyl halides is 1. The number of nitrogens with one attached hydrogen (secondary N) is 2. The predicted octanol–water partition coefficient (Wildman–Crippen LogP) is 4.49. The lowest BCUT2D eigenvalue weighted by Crippen LogP contribution is -2.54. The van der Waals surface area contributed by atoms with Crippen molar-refractivity contribution in [2.45, 2.75) is 70.1 Å². The zero-order chi connectivity index (χ0) is 41.8. The molecule has 2 N–H and O–H groups in total. The fourth-order valence-corrected chi connectivity index (χ4v) is 9.30. The second-order valence-electron chi connectivity index (χ2n) is 17.2. The first kappa shape index (κ1) is 38.9.